The SMILES string of the molecule is Cc1ccc(CNC(=O)c2ccoc2CN2c3ccccc3CC2C)s1. The van der Waals surface area contributed by atoms with Crippen LogP contribution in [0.2, 0.25) is 0 Å². The maximum atomic E-state index is 12.6. The van der Waals surface area contributed by atoms with E-state index in [4.69, 9.17) is 4.42 Å². The van der Waals surface area contributed by atoms with Crippen LogP contribution in [0.25, 0.3) is 0 Å². The second kappa shape index (κ2) is 7.00. The molecule has 1 aliphatic heterocycles. The van der Waals surface area contributed by atoms with Crippen LogP contribution in [0.5, 0.6) is 0 Å². The van der Waals surface area contributed by atoms with Gasteiger partial charge in [0.1, 0.15) is 5.76 Å². The van der Waals surface area contributed by atoms with E-state index in [9.17, 15) is 4.79 Å². The molecule has 0 aliphatic carbocycles. The van der Waals surface area contributed by atoms with Gasteiger partial charge in [-0.15, -0.1) is 11.3 Å². The zero-order chi connectivity index (χ0) is 18.1. The topological polar surface area (TPSA) is 45.5 Å². The van der Waals surface area contributed by atoms with E-state index in [1.165, 1.54) is 16.1 Å². The minimum atomic E-state index is -0.0834. The summed E-state index contributed by atoms with van der Waals surface area (Å²) < 4.78 is 5.67. The number of carbonyl (C=O) groups excluding carboxylic acids is 1. The molecule has 1 aliphatic rings. The Balaban J connectivity index is 1.48. The van der Waals surface area contributed by atoms with E-state index in [0.29, 0.717) is 30.5 Å². The van der Waals surface area contributed by atoms with Gasteiger partial charge in [-0.1, -0.05) is 18.2 Å². The Morgan fingerprint density at radius 1 is 1.27 bits per heavy atom. The summed E-state index contributed by atoms with van der Waals surface area (Å²) in [4.78, 5) is 17.3. The van der Waals surface area contributed by atoms with E-state index in [0.717, 1.165) is 11.3 Å². The number of rotatable bonds is 5. The van der Waals surface area contributed by atoms with Crippen molar-refractivity contribution in [2.75, 3.05) is 4.90 Å². The lowest BCUT2D eigenvalue weighted by molar-refractivity contribution is 0.0949. The third-order valence-corrected chi connectivity index (χ3v) is 5.87. The third-order valence-electron chi connectivity index (χ3n) is 4.87. The zero-order valence-corrected chi connectivity index (χ0v) is 15.8. The number of hydrogen-bond donors (Lipinski definition) is 1. The van der Waals surface area contributed by atoms with Crippen molar-refractivity contribution in [1.82, 2.24) is 5.32 Å². The normalized spacial score (nSPS) is 15.9. The average molecular weight is 366 g/mol. The van der Waals surface area contributed by atoms with Gasteiger partial charge in [0.25, 0.3) is 5.91 Å². The smallest absolute Gasteiger partial charge is 0.255 e. The standard InChI is InChI=1S/C21H22N2O2S/c1-14-11-16-5-3-4-6-19(16)23(14)13-20-18(9-10-25-20)21(24)22-12-17-8-7-15(2)26-17/h3-10,14H,11-13H2,1-2H3,(H,22,24). The predicted molar refractivity (Wildman–Crippen MR) is 105 cm³/mol. The zero-order valence-electron chi connectivity index (χ0n) is 15.0. The number of anilines is 1. The molecule has 4 nitrogen and oxygen atoms in total. The fourth-order valence-corrected chi connectivity index (χ4v) is 4.36. The van der Waals surface area contributed by atoms with Crippen molar-refractivity contribution >= 4 is 22.9 Å². The van der Waals surface area contributed by atoms with Crippen molar-refractivity contribution in [3.05, 3.63) is 75.4 Å². The highest BCUT2D eigenvalue weighted by atomic mass is 32.1. The maximum Gasteiger partial charge on any atom is 0.255 e. The lowest BCUT2D eigenvalue weighted by atomic mass is 10.1. The highest BCUT2D eigenvalue weighted by Gasteiger charge is 2.27. The number of carbonyl (C=O) groups is 1. The van der Waals surface area contributed by atoms with Gasteiger partial charge in [0.2, 0.25) is 0 Å². The van der Waals surface area contributed by atoms with Crippen molar-refractivity contribution in [3.63, 3.8) is 0 Å². The van der Waals surface area contributed by atoms with Gasteiger partial charge in [-0.2, -0.15) is 0 Å². The molecule has 4 rings (SSSR count). The van der Waals surface area contributed by atoms with Gasteiger partial charge in [-0.25, -0.2) is 0 Å². The number of furan rings is 1. The summed E-state index contributed by atoms with van der Waals surface area (Å²) in [5.74, 6) is 0.633. The van der Waals surface area contributed by atoms with Crippen molar-refractivity contribution in [3.8, 4) is 0 Å². The van der Waals surface area contributed by atoms with E-state index in [1.807, 2.05) is 0 Å². The van der Waals surface area contributed by atoms with Gasteiger partial charge in [0.05, 0.1) is 24.9 Å². The Morgan fingerprint density at radius 3 is 2.92 bits per heavy atom. The Hall–Kier alpha value is -2.53. The molecule has 26 heavy (non-hydrogen) atoms. The van der Waals surface area contributed by atoms with Crippen molar-refractivity contribution in [2.45, 2.75) is 39.4 Å². The summed E-state index contributed by atoms with van der Waals surface area (Å²) in [6, 6.07) is 14.7. The van der Waals surface area contributed by atoms with Gasteiger partial charge in [0.15, 0.2) is 0 Å². The van der Waals surface area contributed by atoms with Crippen LogP contribution >= 0.6 is 11.3 Å². The first-order valence-corrected chi connectivity index (χ1v) is 9.68. The van der Waals surface area contributed by atoms with Crippen molar-refractivity contribution in [2.24, 2.45) is 0 Å². The van der Waals surface area contributed by atoms with Crippen molar-refractivity contribution in [1.29, 1.82) is 0 Å². The number of amides is 1. The summed E-state index contributed by atoms with van der Waals surface area (Å²) in [5.41, 5.74) is 3.21. The van der Waals surface area contributed by atoms with Crippen LogP contribution in [-0.4, -0.2) is 11.9 Å². The molecular weight excluding hydrogens is 344 g/mol. The van der Waals surface area contributed by atoms with Crippen molar-refractivity contribution < 1.29 is 9.21 Å². The first kappa shape index (κ1) is 16.9. The number of nitrogens with zero attached hydrogens (tertiary/aromatic N) is 1. The second-order valence-corrected chi connectivity index (χ2v) is 8.13. The fraction of sp³-hybridized carbons (Fsp3) is 0.286. The molecule has 3 heterocycles. The predicted octanol–water partition coefficient (Wildman–Crippen LogP) is 4.53. The maximum absolute atomic E-state index is 12.6. The Bertz CT molecular complexity index is 928. The van der Waals surface area contributed by atoms with Gasteiger partial charge in [-0.3, -0.25) is 4.79 Å². The van der Waals surface area contributed by atoms with E-state index in [2.05, 4.69) is 60.5 Å². The van der Waals surface area contributed by atoms with E-state index >= 15 is 0 Å². The van der Waals surface area contributed by atoms with Crippen LogP contribution in [0.3, 0.4) is 0 Å². The molecule has 1 N–H and O–H groups in total. The van der Waals surface area contributed by atoms with Gasteiger partial charge >= 0.3 is 0 Å². The molecule has 1 aromatic carbocycles. The number of thiophene rings is 1. The number of aryl methyl sites for hydroxylation is 1. The molecular formula is C21H22N2O2S. The molecule has 1 unspecified atom stereocenters. The number of nitrogens with one attached hydrogen (secondary N) is 1. The lowest BCUT2D eigenvalue weighted by Gasteiger charge is -2.24. The fourth-order valence-electron chi connectivity index (χ4n) is 3.53. The molecule has 0 saturated heterocycles. The minimum Gasteiger partial charge on any atom is -0.467 e. The molecule has 134 valence electrons. The summed E-state index contributed by atoms with van der Waals surface area (Å²) >= 11 is 1.70. The lowest BCUT2D eigenvalue weighted by Crippen LogP contribution is -2.30. The van der Waals surface area contributed by atoms with Crippen LogP contribution in [0.15, 0.2) is 53.1 Å². The van der Waals surface area contributed by atoms with E-state index in [1.54, 1.807) is 23.7 Å². The van der Waals surface area contributed by atoms with Crippen LogP contribution in [0.1, 0.15) is 38.4 Å². The summed E-state index contributed by atoms with van der Waals surface area (Å²) in [6.45, 7) is 5.43. The van der Waals surface area contributed by atoms with Crippen LogP contribution in [0, 0.1) is 6.92 Å². The molecule has 0 radical (unpaired) electrons. The molecule has 2 aromatic heterocycles. The van der Waals surface area contributed by atoms with E-state index in [-0.39, 0.29) is 5.91 Å². The summed E-state index contributed by atoms with van der Waals surface area (Å²) in [6.07, 6.45) is 2.63. The van der Waals surface area contributed by atoms with Gasteiger partial charge in [0, 0.05) is 21.5 Å². The average Bonchev–Trinajstić information content (AvgIpc) is 3.33. The van der Waals surface area contributed by atoms with Crippen LogP contribution < -0.4 is 10.2 Å². The molecule has 0 bridgehead atoms. The first-order valence-electron chi connectivity index (χ1n) is 8.86. The molecule has 5 heteroatoms. The minimum absolute atomic E-state index is 0.0834. The first-order chi connectivity index (χ1) is 12.6. The second-order valence-electron chi connectivity index (χ2n) is 6.76. The molecule has 0 saturated carbocycles. The third kappa shape index (κ3) is 3.27. The summed E-state index contributed by atoms with van der Waals surface area (Å²) in [5, 5.41) is 3.00. The number of benzene rings is 1. The number of fused-ring (bicyclic) bond motifs is 1. The monoisotopic (exact) mass is 366 g/mol. The molecule has 0 spiro atoms. The molecule has 0 fully saturated rings. The molecule has 3 aromatic rings. The number of hydrogen-bond acceptors (Lipinski definition) is 4. The quantitative estimate of drug-likeness (QED) is 0.721. The Kier molecular flexibility index (Phi) is 4.55. The van der Waals surface area contributed by atoms with Gasteiger partial charge < -0.3 is 14.6 Å². The summed E-state index contributed by atoms with van der Waals surface area (Å²) in [7, 11) is 0. The Labute approximate surface area is 157 Å². The highest BCUT2D eigenvalue weighted by molar-refractivity contribution is 7.11. The van der Waals surface area contributed by atoms with Crippen LogP contribution in [0.4, 0.5) is 5.69 Å². The highest BCUT2D eigenvalue weighted by Crippen LogP contribution is 2.33. The molecule has 1 amide bonds. The number of para-hydroxylation sites is 1. The molecule has 1 atom stereocenters. The van der Waals surface area contributed by atoms with E-state index < -0.39 is 0 Å². The Morgan fingerprint density at radius 2 is 2.12 bits per heavy atom. The van der Waals surface area contributed by atoms with Gasteiger partial charge in [-0.05, 0) is 50.1 Å². The van der Waals surface area contributed by atoms with Crippen LogP contribution in [-0.2, 0) is 19.5 Å². The largest absolute Gasteiger partial charge is 0.467 e.